The summed E-state index contributed by atoms with van der Waals surface area (Å²) in [6.45, 7) is 5.16. The van der Waals surface area contributed by atoms with Crippen molar-refractivity contribution in [1.29, 1.82) is 5.26 Å². The molecule has 0 spiro atoms. The summed E-state index contributed by atoms with van der Waals surface area (Å²) in [5.74, 6) is 0.267. The van der Waals surface area contributed by atoms with Crippen LogP contribution in [0, 0.1) is 11.3 Å². The van der Waals surface area contributed by atoms with Crippen molar-refractivity contribution in [2.75, 3.05) is 32.8 Å². The summed E-state index contributed by atoms with van der Waals surface area (Å²) >= 11 is 0. The van der Waals surface area contributed by atoms with Crippen LogP contribution in [0.3, 0.4) is 0 Å². The van der Waals surface area contributed by atoms with Gasteiger partial charge in [-0.25, -0.2) is 0 Å². The van der Waals surface area contributed by atoms with Crippen LogP contribution in [0.5, 0.6) is 0 Å². The zero-order valence-corrected chi connectivity index (χ0v) is 14.1. The summed E-state index contributed by atoms with van der Waals surface area (Å²) in [6.07, 6.45) is 4.01. The van der Waals surface area contributed by atoms with Crippen molar-refractivity contribution in [3.8, 4) is 6.07 Å². The summed E-state index contributed by atoms with van der Waals surface area (Å²) in [7, 11) is 0. The molecule has 3 rings (SSSR count). The fraction of sp³-hybridized carbons (Fsp3) is 0.579. The Kier molecular flexibility index (Phi) is 5.84. The van der Waals surface area contributed by atoms with Gasteiger partial charge in [-0.15, -0.1) is 0 Å². The third kappa shape index (κ3) is 4.56. The number of amides is 1. The van der Waals surface area contributed by atoms with Gasteiger partial charge in [-0.05, 0) is 37.0 Å². The molecule has 0 aromatic heterocycles. The number of rotatable bonds is 5. The Morgan fingerprint density at radius 2 is 1.96 bits per heavy atom. The van der Waals surface area contributed by atoms with E-state index in [1.54, 1.807) is 0 Å². The molecule has 5 nitrogen and oxygen atoms in total. The lowest BCUT2D eigenvalue weighted by Gasteiger charge is -2.35. The van der Waals surface area contributed by atoms with E-state index in [0.717, 1.165) is 58.6 Å². The highest BCUT2D eigenvalue weighted by Gasteiger charge is 2.23. The number of nitriles is 1. The van der Waals surface area contributed by atoms with E-state index in [1.165, 1.54) is 5.56 Å². The molecule has 1 amide bonds. The van der Waals surface area contributed by atoms with E-state index in [1.807, 2.05) is 29.2 Å². The molecule has 2 fully saturated rings. The van der Waals surface area contributed by atoms with Gasteiger partial charge in [0.25, 0.3) is 0 Å². The molecule has 1 aromatic rings. The molecule has 1 aromatic carbocycles. The van der Waals surface area contributed by atoms with Crippen molar-refractivity contribution in [3.05, 3.63) is 35.4 Å². The van der Waals surface area contributed by atoms with Crippen molar-refractivity contribution < 1.29 is 9.53 Å². The fourth-order valence-electron chi connectivity index (χ4n) is 3.41. The fourth-order valence-corrected chi connectivity index (χ4v) is 3.41. The first kappa shape index (κ1) is 16.9. The van der Waals surface area contributed by atoms with E-state index in [4.69, 9.17) is 10.00 Å². The molecule has 2 saturated heterocycles. The van der Waals surface area contributed by atoms with Crippen LogP contribution in [-0.2, 0) is 16.1 Å². The van der Waals surface area contributed by atoms with Gasteiger partial charge in [0, 0.05) is 45.8 Å². The second-order valence-electron chi connectivity index (χ2n) is 6.64. The highest BCUT2D eigenvalue weighted by atomic mass is 16.5. The number of carbonyl (C=O) groups is 1. The highest BCUT2D eigenvalue weighted by Crippen LogP contribution is 2.18. The molecule has 0 aliphatic carbocycles. The topological polar surface area (TPSA) is 56.6 Å². The van der Waals surface area contributed by atoms with Crippen LogP contribution in [0.25, 0.3) is 0 Å². The van der Waals surface area contributed by atoms with Gasteiger partial charge in [0.2, 0.25) is 5.91 Å². The molecule has 1 atom stereocenters. The molecule has 0 radical (unpaired) electrons. The van der Waals surface area contributed by atoms with E-state index < -0.39 is 0 Å². The number of piperazine rings is 1. The minimum Gasteiger partial charge on any atom is -0.378 e. The van der Waals surface area contributed by atoms with Gasteiger partial charge in [-0.1, -0.05) is 12.1 Å². The second-order valence-corrected chi connectivity index (χ2v) is 6.64. The van der Waals surface area contributed by atoms with E-state index in [0.29, 0.717) is 18.1 Å². The lowest BCUT2D eigenvalue weighted by Crippen LogP contribution is -2.48. The number of carbonyl (C=O) groups excluding carboxylic acids is 1. The van der Waals surface area contributed by atoms with E-state index in [9.17, 15) is 4.79 Å². The number of ether oxygens (including phenoxy) is 1. The summed E-state index contributed by atoms with van der Waals surface area (Å²) in [6, 6.07) is 9.89. The SMILES string of the molecule is N#Cc1ccc(CN2CCN(C(=O)CC[C@@H]3CCCO3)CC2)cc1. The molecule has 5 heteroatoms. The van der Waals surface area contributed by atoms with Crippen LogP contribution in [0.2, 0.25) is 0 Å². The number of hydrogen-bond donors (Lipinski definition) is 0. The summed E-state index contributed by atoms with van der Waals surface area (Å²) in [5, 5.41) is 8.84. The average Bonchev–Trinajstić information content (AvgIpc) is 3.14. The molecule has 2 aliphatic rings. The number of benzene rings is 1. The molecule has 128 valence electrons. The Hall–Kier alpha value is -1.90. The number of hydrogen-bond acceptors (Lipinski definition) is 4. The van der Waals surface area contributed by atoms with Gasteiger partial charge in [-0.3, -0.25) is 9.69 Å². The summed E-state index contributed by atoms with van der Waals surface area (Å²) < 4.78 is 5.59. The minimum atomic E-state index is 0.267. The first-order chi connectivity index (χ1) is 11.7. The highest BCUT2D eigenvalue weighted by molar-refractivity contribution is 5.76. The maximum absolute atomic E-state index is 12.3. The van der Waals surface area contributed by atoms with Crippen LogP contribution in [0.15, 0.2) is 24.3 Å². The third-order valence-electron chi connectivity index (χ3n) is 4.92. The maximum atomic E-state index is 12.3. The predicted octanol–water partition coefficient (Wildman–Crippen LogP) is 2.16. The normalized spacial score (nSPS) is 21.6. The van der Waals surface area contributed by atoms with Gasteiger partial charge in [0.15, 0.2) is 0 Å². The van der Waals surface area contributed by atoms with Crippen molar-refractivity contribution in [3.63, 3.8) is 0 Å². The summed E-state index contributed by atoms with van der Waals surface area (Å²) in [4.78, 5) is 16.7. The molecular weight excluding hydrogens is 302 g/mol. The van der Waals surface area contributed by atoms with Crippen molar-refractivity contribution in [2.24, 2.45) is 0 Å². The van der Waals surface area contributed by atoms with Gasteiger partial charge < -0.3 is 9.64 Å². The molecule has 0 saturated carbocycles. The Morgan fingerprint density at radius 3 is 2.58 bits per heavy atom. The molecule has 0 N–H and O–H groups in total. The van der Waals surface area contributed by atoms with E-state index >= 15 is 0 Å². The Bertz CT molecular complexity index is 580. The first-order valence-corrected chi connectivity index (χ1v) is 8.85. The Morgan fingerprint density at radius 1 is 1.21 bits per heavy atom. The Balaban J connectivity index is 1.39. The predicted molar refractivity (Wildman–Crippen MR) is 91.2 cm³/mol. The standard InChI is InChI=1S/C19H25N3O2/c20-14-16-3-5-17(6-4-16)15-21-9-11-22(12-10-21)19(23)8-7-18-2-1-13-24-18/h3-6,18H,1-2,7-13,15H2/t18-/m0/s1. The van der Waals surface area contributed by atoms with Crippen molar-refractivity contribution in [1.82, 2.24) is 9.80 Å². The number of nitrogens with zero attached hydrogens (tertiary/aromatic N) is 3. The quantitative estimate of drug-likeness (QED) is 0.831. The molecule has 2 heterocycles. The summed E-state index contributed by atoms with van der Waals surface area (Å²) in [5.41, 5.74) is 1.91. The van der Waals surface area contributed by atoms with Gasteiger partial charge in [0.05, 0.1) is 17.7 Å². The average molecular weight is 327 g/mol. The van der Waals surface area contributed by atoms with Crippen LogP contribution < -0.4 is 0 Å². The zero-order chi connectivity index (χ0) is 16.8. The Labute approximate surface area is 143 Å². The molecule has 2 aliphatic heterocycles. The lowest BCUT2D eigenvalue weighted by atomic mass is 10.1. The second kappa shape index (κ2) is 8.27. The maximum Gasteiger partial charge on any atom is 0.222 e. The first-order valence-electron chi connectivity index (χ1n) is 8.85. The lowest BCUT2D eigenvalue weighted by molar-refractivity contribution is -0.133. The van der Waals surface area contributed by atoms with Crippen molar-refractivity contribution >= 4 is 5.91 Å². The van der Waals surface area contributed by atoms with Crippen LogP contribution in [0.4, 0.5) is 0 Å². The zero-order valence-electron chi connectivity index (χ0n) is 14.1. The van der Waals surface area contributed by atoms with Gasteiger partial charge in [-0.2, -0.15) is 5.26 Å². The van der Waals surface area contributed by atoms with Crippen molar-refractivity contribution in [2.45, 2.75) is 38.3 Å². The molecular formula is C19H25N3O2. The van der Waals surface area contributed by atoms with E-state index in [-0.39, 0.29) is 5.91 Å². The largest absolute Gasteiger partial charge is 0.378 e. The van der Waals surface area contributed by atoms with Gasteiger partial charge >= 0.3 is 0 Å². The van der Waals surface area contributed by atoms with Crippen LogP contribution in [0.1, 0.15) is 36.8 Å². The molecule has 0 unspecified atom stereocenters. The van der Waals surface area contributed by atoms with Crippen LogP contribution in [-0.4, -0.2) is 54.6 Å². The smallest absolute Gasteiger partial charge is 0.222 e. The van der Waals surface area contributed by atoms with Gasteiger partial charge in [0.1, 0.15) is 0 Å². The molecule has 24 heavy (non-hydrogen) atoms. The molecule has 0 bridgehead atoms. The van der Waals surface area contributed by atoms with Crippen LogP contribution >= 0.6 is 0 Å². The van der Waals surface area contributed by atoms with E-state index in [2.05, 4.69) is 11.0 Å². The minimum absolute atomic E-state index is 0.267. The monoisotopic (exact) mass is 327 g/mol. The third-order valence-corrected chi connectivity index (χ3v) is 4.92.